The maximum Gasteiger partial charge on any atom is 0.306 e. The molecule has 1 aliphatic rings. The molecule has 0 aromatic rings. The molecule has 1 rings (SSSR count). The van der Waals surface area contributed by atoms with Crippen molar-refractivity contribution < 1.29 is 9.90 Å². The lowest BCUT2D eigenvalue weighted by molar-refractivity contribution is -0.143. The largest absolute Gasteiger partial charge is 0.481 e. The SMILES string of the molecule is CC.CC(I)C(C)C1CCC(C(=O)O)CC1. The first kappa shape index (κ1) is 16.2. The van der Waals surface area contributed by atoms with Gasteiger partial charge >= 0.3 is 5.97 Å². The molecule has 2 atom stereocenters. The molecule has 96 valence electrons. The van der Waals surface area contributed by atoms with E-state index in [0.29, 0.717) is 3.92 Å². The number of carboxylic acid groups (broad SMARTS) is 1. The summed E-state index contributed by atoms with van der Waals surface area (Å²) < 4.78 is 0.693. The van der Waals surface area contributed by atoms with Crippen molar-refractivity contribution in [2.75, 3.05) is 0 Å². The number of halogens is 1. The summed E-state index contributed by atoms with van der Waals surface area (Å²) in [7, 11) is 0. The van der Waals surface area contributed by atoms with Crippen molar-refractivity contribution in [3.63, 3.8) is 0 Å². The van der Waals surface area contributed by atoms with E-state index in [0.717, 1.165) is 37.5 Å². The van der Waals surface area contributed by atoms with Gasteiger partial charge in [0, 0.05) is 3.92 Å². The van der Waals surface area contributed by atoms with E-state index < -0.39 is 5.97 Å². The van der Waals surface area contributed by atoms with E-state index in [1.54, 1.807) is 0 Å². The van der Waals surface area contributed by atoms with Crippen LogP contribution in [-0.2, 0) is 4.79 Å². The number of alkyl halides is 1. The van der Waals surface area contributed by atoms with Gasteiger partial charge in [-0.25, -0.2) is 0 Å². The molecule has 0 radical (unpaired) electrons. The summed E-state index contributed by atoms with van der Waals surface area (Å²) in [6.45, 7) is 8.54. The third kappa shape index (κ3) is 5.02. The second kappa shape index (κ2) is 8.31. The fourth-order valence-corrected chi connectivity index (χ4v) is 2.85. The van der Waals surface area contributed by atoms with Crippen LogP contribution >= 0.6 is 22.6 Å². The highest BCUT2D eigenvalue weighted by atomic mass is 127. The van der Waals surface area contributed by atoms with Crippen LogP contribution in [0.25, 0.3) is 0 Å². The molecule has 0 aromatic carbocycles. The topological polar surface area (TPSA) is 37.3 Å². The summed E-state index contributed by atoms with van der Waals surface area (Å²) in [5.74, 6) is 0.810. The van der Waals surface area contributed by atoms with Crippen LogP contribution in [0.3, 0.4) is 0 Å². The number of carboxylic acids is 1. The first-order chi connectivity index (χ1) is 7.52. The Morgan fingerprint density at radius 1 is 1.19 bits per heavy atom. The fourth-order valence-electron chi connectivity index (χ4n) is 2.27. The number of hydrogen-bond donors (Lipinski definition) is 1. The van der Waals surface area contributed by atoms with Crippen LogP contribution in [0.15, 0.2) is 0 Å². The highest BCUT2D eigenvalue weighted by molar-refractivity contribution is 14.1. The summed E-state index contributed by atoms with van der Waals surface area (Å²) in [5.41, 5.74) is 0. The van der Waals surface area contributed by atoms with Gasteiger partial charge in [0.1, 0.15) is 0 Å². The number of aliphatic carboxylic acids is 1. The molecule has 2 nitrogen and oxygen atoms in total. The second-order valence-electron chi connectivity index (χ2n) is 4.49. The van der Waals surface area contributed by atoms with Gasteiger partial charge in [-0.1, -0.05) is 50.3 Å². The Kier molecular flexibility index (Phi) is 8.42. The van der Waals surface area contributed by atoms with Crippen molar-refractivity contribution in [3.05, 3.63) is 0 Å². The highest BCUT2D eigenvalue weighted by Crippen LogP contribution is 2.36. The number of hydrogen-bond acceptors (Lipinski definition) is 1. The molecule has 3 heteroatoms. The normalized spacial score (nSPS) is 28.6. The van der Waals surface area contributed by atoms with Gasteiger partial charge in [-0.3, -0.25) is 4.79 Å². The highest BCUT2D eigenvalue weighted by Gasteiger charge is 2.29. The smallest absolute Gasteiger partial charge is 0.306 e. The monoisotopic (exact) mass is 340 g/mol. The van der Waals surface area contributed by atoms with E-state index in [2.05, 4.69) is 36.4 Å². The van der Waals surface area contributed by atoms with Gasteiger partial charge in [0.05, 0.1) is 5.92 Å². The molecule has 1 fully saturated rings. The number of rotatable bonds is 3. The first-order valence-corrected chi connectivity index (χ1v) is 7.63. The predicted octanol–water partition coefficient (Wildman–Crippen LogP) is 4.36. The van der Waals surface area contributed by atoms with Gasteiger partial charge in [-0.2, -0.15) is 0 Å². The summed E-state index contributed by atoms with van der Waals surface area (Å²) in [4.78, 5) is 10.8. The van der Waals surface area contributed by atoms with Crippen molar-refractivity contribution in [2.45, 2.75) is 57.3 Å². The van der Waals surface area contributed by atoms with Crippen LogP contribution in [0.4, 0.5) is 0 Å². The average Bonchev–Trinajstić information content (AvgIpc) is 2.30. The third-order valence-electron chi connectivity index (χ3n) is 3.59. The summed E-state index contributed by atoms with van der Waals surface area (Å²) in [5, 5.41) is 8.87. The minimum atomic E-state index is -0.598. The molecule has 0 bridgehead atoms. The fraction of sp³-hybridized carbons (Fsp3) is 0.923. The van der Waals surface area contributed by atoms with Gasteiger partial charge in [0.15, 0.2) is 0 Å². The van der Waals surface area contributed by atoms with Crippen LogP contribution in [0.1, 0.15) is 53.4 Å². The lowest BCUT2D eigenvalue weighted by Gasteiger charge is -2.32. The molecule has 2 unspecified atom stereocenters. The molecular weight excluding hydrogens is 315 g/mol. The van der Waals surface area contributed by atoms with Crippen LogP contribution in [0.2, 0.25) is 0 Å². The van der Waals surface area contributed by atoms with E-state index >= 15 is 0 Å². The molecule has 1 aliphatic carbocycles. The molecular formula is C13H25IO2. The third-order valence-corrected chi connectivity index (χ3v) is 4.72. The summed E-state index contributed by atoms with van der Waals surface area (Å²) >= 11 is 2.47. The molecule has 1 N–H and O–H groups in total. The van der Waals surface area contributed by atoms with Gasteiger partial charge in [0.25, 0.3) is 0 Å². The molecule has 1 saturated carbocycles. The van der Waals surface area contributed by atoms with Crippen LogP contribution < -0.4 is 0 Å². The van der Waals surface area contributed by atoms with E-state index in [4.69, 9.17) is 5.11 Å². The predicted molar refractivity (Wildman–Crippen MR) is 77.1 cm³/mol. The van der Waals surface area contributed by atoms with E-state index in [-0.39, 0.29) is 5.92 Å². The Labute approximate surface area is 113 Å². The van der Waals surface area contributed by atoms with Crippen LogP contribution in [0, 0.1) is 17.8 Å². The number of carbonyl (C=O) groups is 1. The second-order valence-corrected chi connectivity index (χ2v) is 6.45. The van der Waals surface area contributed by atoms with Crippen molar-refractivity contribution >= 4 is 28.6 Å². The molecule has 0 heterocycles. The van der Waals surface area contributed by atoms with E-state index in [1.165, 1.54) is 0 Å². The van der Waals surface area contributed by atoms with Gasteiger partial charge in [-0.05, 0) is 37.5 Å². The standard InChI is InChI=1S/C11H19IO2.C2H6/c1-7(8(2)12)9-3-5-10(6-4-9)11(13)14;1-2/h7-10H,3-6H2,1-2H3,(H,13,14);1-2H3. The minimum Gasteiger partial charge on any atom is -0.481 e. The Morgan fingerprint density at radius 2 is 1.62 bits per heavy atom. The van der Waals surface area contributed by atoms with E-state index in [9.17, 15) is 4.79 Å². The Morgan fingerprint density at radius 3 is 1.94 bits per heavy atom. The first-order valence-electron chi connectivity index (χ1n) is 6.39. The Balaban J connectivity index is 0.00000106. The van der Waals surface area contributed by atoms with Crippen molar-refractivity contribution in [2.24, 2.45) is 17.8 Å². The lowest BCUT2D eigenvalue weighted by Crippen LogP contribution is -2.27. The summed E-state index contributed by atoms with van der Waals surface area (Å²) in [6, 6.07) is 0. The summed E-state index contributed by atoms with van der Waals surface area (Å²) in [6.07, 6.45) is 3.97. The van der Waals surface area contributed by atoms with Crippen LogP contribution in [-0.4, -0.2) is 15.0 Å². The zero-order chi connectivity index (χ0) is 12.7. The molecule has 0 amide bonds. The van der Waals surface area contributed by atoms with Gasteiger partial charge < -0.3 is 5.11 Å². The van der Waals surface area contributed by atoms with Crippen molar-refractivity contribution in [1.82, 2.24) is 0 Å². The quantitative estimate of drug-likeness (QED) is 0.612. The molecule has 0 spiro atoms. The zero-order valence-electron chi connectivity index (χ0n) is 10.9. The average molecular weight is 340 g/mol. The van der Waals surface area contributed by atoms with Crippen molar-refractivity contribution in [3.8, 4) is 0 Å². The van der Waals surface area contributed by atoms with Gasteiger partial charge in [0.2, 0.25) is 0 Å². The Hall–Kier alpha value is 0.200. The minimum absolute atomic E-state index is 0.0667. The van der Waals surface area contributed by atoms with E-state index in [1.807, 2.05) is 13.8 Å². The Bertz CT molecular complexity index is 196. The molecule has 16 heavy (non-hydrogen) atoms. The molecule has 0 saturated heterocycles. The van der Waals surface area contributed by atoms with Crippen LogP contribution in [0.5, 0.6) is 0 Å². The maximum atomic E-state index is 10.8. The van der Waals surface area contributed by atoms with Gasteiger partial charge in [-0.15, -0.1) is 0 Å². The lowest BCUT2D eigenvalue weighted by atomic mass is 9.75. The van der Waals surface area contributed by atoms with Crippen molar-refractivity contribution in [1.29, 1.82) is 0 Å². The maximum absolute atomic E-state index is 10.8. The molecule has 0 aliphatic heterocycles. The molecule has 0 aromatic heterocycles. The zero-order valence-corrected chi connectivity index (χ0v) is 13.0.